The van der Waals surface area contributed by atoms with Gasteiger partial charge in [-0.2, -0.15) is 0 Å². The van der Waals surface area contributed by atoms with Gasteiger partial charge in [0.1, 0.15) is 11.6 Å². The monoisotopic (exact) mass is 431 g/mol. The molecule has 3 nitrogen and oxygen atoms in total. The number of pyridine rings is 2. The fraction of sp³-hybridized carbons (Fsp3) is 0.200. The van der Waals surface area contributed by atoms with Crippen molar-refractivity contribution in [3.63, 3.8) is 0 Å². The highest BCUT2D eigenvalue weighted by Gasteiger charge is 2.17. The molecule has 0 amide bonds. The number of nitrogens with one attached hydrogen (secondary N) is 1. The van der Waals surface area contributed by atoms with Crippen LogP contribution >= 0.6 is 0 Å². The van der Waals surface area contributed by atoms with Gasteiger partial charge in [-0.1, -0.05) is 75.4 Å². The molecule has 5 aromatic rings. The summed E-state index contributed by atoms with van der Waals surface area (Å²) in [6.45, 7) is 11.0. The molecule has 0 aliphatic carbocycles. The first kappa shape index (κ1) is 21.1. The predicted molar refractivity (Wildman–Crippen MR) is 140 cm³/mol. The first-order valence-electron chi connectivity index (χ1n) is 11.4. The molecular weight excluding hydrogens is 402 g/mol. The first-order valence-corrected chi connectivity index (χ1v) is 11.4. The molecule has 0 radical (unpaired) electrons. The summed E-state index contributed by atoms with van der Waals surface area (Å²) >= 11 is 0. The average molecular weight is 432 g/mol. The van der Waals surface area contributed by atoms with E-state index in [4.69, 9.17) is 4.98 Å². The van der Waals surface area contributed by atoms with Crippen LogP contribution in [0.2, 0.25) is 0 Å². The number of anilines is 2. The third-order valence-electron chi connectivity index (χ3n) is 6.35. The van der Waals surface area contributed by atoms with E-state index in [1.54, 1.807) is 0 Å². The minimum absolute atomic E-state index is 0.0541. The summed E-state index contributed by atoms with van der Waals surface area (Å²) in [6, 6.07) is 25.6. The second-order valence-electron chi connectivity index (χ2n) is 9.78. The van der Waals surface area contributed by atoms with Crippen LogP contribution in [0.4, 0.5) is 11.6 Å². The Bertz CT molecular complexity index is 1470. The molecule has 0 unspecified atom stereocenters. The third kappa shape index (κ3) is 3.84. The molecule has 0 aliphatic heterocycles. The zero-order valence-electron chi connectivity index (χ0n) is 19.9. The predicted octanol–water partition coefficient (Wildman–Crippen LogP) is 8.11. The maximum absolute atomic E-state index is 5.08. The molecule has 2 aromatic heterocycles. The molecule has 5 rings (SSSR count). The van der Waals surface area contributed by atoms with E-state index in [0.29, 0.717) is 0 Å². The summed E-state index contributed by atoms with van der Waals surface area (Å²) in [7, 11) is 0. The van der Waals surface area contributed by atoms with Gasteiger partial charge in [0.05, 0.1) is 5.52 Å². The third-order valence-corrected chi connectivity index (χ3v) is 6.35. The number of hydrogen-bond donors (Lipinski definition) is 1. The van der Waals surface area contributed by atoms with Crippen LogP contribution in [-0.4, -0.2) is 9.97 Å². The van der Waals surface area contributed by atoms with E-state index < -0.39 is 0 Å². The van der Waals surface area contributed by atoms with Crippen molar-refractivity contribution in [3.05, 3.63) is 95.7 Å². The fourth-order valence-corrected chi connectivity index (χ4v) is 4.63. The molecule has 164 valence electrons. The molecule has 0 aliphatic rings. The zero-order valence-corrected chi connectivity index (χ0v) is 19.9. The van der Waals surface area contributed by atoms with Crippen molar-refractivity contribution in [3.8, 4) is 11.1 Å². The van der Waals surface area contributed by atoms with Gasteiger partial charge in [-0.05, 0) is 70.7 Å². The fourth-order valence-electron chi connectivity index (χ4n) is 4.63. The number of nitrogens with zero attached hydrogens (tertiary/aromatic N) is 2. The van der Waals surface area contributed by atoms with E-state index in [1.807, 2.05) is 6.20 Å². The van der Waals surface area contributed by atoms with Gasteiger partial charge in [0, 0.05) is 17.0 Å². The van der Waals surface area contributed by atoms with Gasteiger partial charge >= 0.3 is 0 Å². The Morgan fingerprint density at radius 1 is 0.758 bits per heavy atom. The molecular formula is C30H29N3. The Hall–Kier alpha value is -3.72. The number of hydrogen-bond acceptors (Lipinski definition) is 3. The van der Waals surface area contributed by atoms with Crippen LogP contribution in [-0.2, 0) is 5.41 Å². The zero-order chi connectivity index (χ0) is 23.2. The SMILES string of the molecule is Cc1cccc(C)c1-c1cccc2nc(Nc3cc(C(C)(C)C)ccn3)c3ccccc3c12. The largest absolute Gasteiger partial charge is 0.324 e. The topological polar surface area (TPSA) is 37.8 Å². The van der Waals surface area contributed by atoms with Crippen LogP contribution in [0.5, 0.6) is 0 Å². The minimum Gasteiger partial charge on any atom is -0.324 e. The highest BCUT2D eigenvalue weighted by Crippen LogP contribution is 2.39. The van der Waals surface area contributed by atoms with Crippen LogP contribution in [0.15, 0.2) is 79.0 Å². The molecule has 3 aromatic carbocycles. The molecule has 2 heterocycles. The van der Waals surface area contributed by atoms with Gasteiger partial charge in [0.15, 0.2) is 0 Å². The summed E-state index contributed by atoms with van der Waals surface area (Å²) in [6.07, 6.45) is 1.87. The van der Waals surface area contributed by atoms with E-state index in [9.17, 15) is 0 Å². The van der Waals surface area contributed by atoms with E-state index in [-0.39, 0.29) is 5.41 Å². The number of rotatable bonds is 3. The first-order chi connectivity index (χ1) is 15.8. The lowest BCUT2D eigenvalue weighted by molar-refractivity contribution is 0.589. The van der Waals surface area contributed by atoms with Gasteiger partial charge in [0.2, 0.25) is 0 Å². The molecule has 0 atom stereocenters. The van der Waals surface area contributed by atoms with Crippen molar-refractivity contribution >= 4 is 33.3 Å². The number of benzene rings is 3. The lowest BCUT2D eigenvalue weighted by Crippen LogP contribution is -2.11. The second kappa shape index (κ2) is 8.00. The minimum atomic E-state index is 0.0541. The van der Waals surface area contributed by atoms with Crippen LogP contribution in [0.25, 0.3) is 32.8 Å². The summed E-state index contributed by atoms with van der Waals surface area (Å²) in [5, 5.41) is 6.98. The van der Waals surface area contributed by atoms with Gasteiger partial charge < -0.3 is 5.32 Å². The number of aromatic nitrogens is 2. The molecule has 33 heavy (non-hydrogen) atoms. The maximum atomic E-state index is 5.08. The van der Waals surface area contributed by atoms with Crippen LogP contribution in [0, 0.1) is 13.8 Å². The summed E-state index contributed by atoms with van der Waals surface area (Å²) in [5.74, 6) is 1.64. The Morgan fingerprint density at radius 3 is 2.18 bits per heavy atom. The Balaban J connectivity index is 1.74. The molecule has 0 saturated heterocycles. The molecule has 3 heteroatoms. The van der Waals surface area contributed by atoms with E-state index >= 15 is 0 Å². The number of fused-ring (bicyclic) bond motifs is 3. The maximum Gasteiger partial charge on any atom is 0.140 e. The molecule has 0 fully saturated rings. The normalized spacial score (nSPS) is 11.8. The summed E-state index contributed by atoms with van der Waals surface area (Å²) < 4.78 is 0. The Kier molecular flexibility index (Phi) is 5.13. The van der Waals surface area contributed by atoms with Gasteiger partial charge in [-0.25, -0.2) is 9.97 Å². The lowest BCUT2D eigenvalue weighted by Gasteiger charge is -2.20. The van der Waals surface area contributed by atoms with Crippen LogP contribution in [0.1, 0.15) is 37.5 Å². The van der Waals surface area contributed by atoms with Crippen molar-refractivity contribution in [1.82, 2.24) is 9.97 Å². The smallest absolute Gasteiger partial charge is 0.140 e. The number of aryl methyl sites for hydroxylation is 2. The van der Waals surface area contributed by atoms with Crippen molar-refractivity contribution in [2.75, 3.05) is 5.32 Å². The standard InChI is InChI=1S/C30H29N3/c1-19-10-8-11-20(2)27(19)24-14-9-15-25-28(24)22-12-6-7-13-23(22)29(32-25)33-26-18-21(16-17-31-26)30(3,4)5/h6-18H,1-5H3,(H,31,32,33). The highest BCUT2D eigenvalue weighted by molar-refractivity contribution is 6.16. The van der Waals surface area contributed by atoms with Crippen LogP contribution < -0.4 is 5.32 Å². The van der Waals surface area contributed by atoms with Gasteiger partial charge in [-0.15, -0.1) is 0 Å². The van der Waals surface area contributed by atoms with Gasteiger partial charge in [0.25, 0.3) is 0 Å². The van der Waals surface area contributed by atoms with E-state index in [1.165, 1.54) is 38.6 Å². The molecule has 1 N–H and O–H groups in total. The second-order valence-corrected chi connectivity index (χ2v) is 9.78. The van der Waals surface area contributed by atoms with E-state index in [2.05, 4.69) is 118 Å². The van der Waals surface area contributed by atoms with Crippen LogP contribution in [0.3, 0.4) is 0 Å². The van der Waals surface area contributed by atoms with Crippen molar-refractivity contribution in [2.45, 2.75) is 40.0 Å². The lowest BCUT2D eigenvalue weighted by atomic mass is 9.88. The molecule has 0 saturated carbocycles. The Morgan fingerprint density at radius 2 is 1.45 bits per heavy atom. The van der Waals surface area contributed by atoms with E-state index in [0.717, 1.165) is 22.5 Å². The molecule has 0 spiro atoms. The quantitative estimate of drug-likeness (QED) is 0.293. The Labute approximate surface area is 195 Å². The highest BCUT2D eigenvalue weighted by atomic mass is 15.1. The van der Waals surface area contributed by atoms with Crippen molar-refractivity contribution < 1.29 is 0 Å². The van der Waals surface area contributed by atoms with Crippen molar-refractivity contribution in [2.24, 2.45) is 0 Å². The van der Waals surface area contributed by atoms with Crippen molar-refractivity contribution in [1.29, 1.82) is 0 Å². The molecule has 0 bridgehead atoms. The summed E-state index contributed by atoms with van der Waals surface area (Å²) in [4.78, 5) is 9.66. The average Bonchev–Trinajstić information content (AvgIpc) is 2.79. The van der Waals surface area contributed by atoms with Gasteiger partial charge in [-0.3, -0.25) is 0 Å². The summed E-state index contributed by atoms with van der Waals surface area (Å²) in [5.41, 5.74) is 7.33.